The summed E-state index contributed by atoms with van der Waals surface area (Å²) in [6, 6.07) is 7.79. The molecule has 2 aliphatic rings. The molecule has 142 valence electrons. The Morgan fingerprint density at radius 3 is 2.48 bits per heavy atom. The van der Waals surface area contributed by atoms with Gasteiger partial charge in [-0.3, -0.25) is 9.59 Å². The normalized spacial score (nSPS) is 25.9. The first-order chi connectivity index (χ1) is 13.0. The summed E-state index contributed by atoms with van der Waals surface area (Å²) in [5, 5.41) is 8.10. The number of carbonyl (C=O) groups is 2. The van der Waals surface area contributed by atoms with Crippen LogP contribution in [0.15, 0.2) is 28.7 Å². The molecule has 0 aliphatic heterocycles. The molecule has 3 unspecified atom stereocenters. The van der Waals surface area contributed by atoms with Crippen LogP contribution in [0.5, 0.6) is 0 Å². The lowest BCUT2D eigenvalue weighted by atomic mass is 9.67. The van der Waals surface area contributed by atoms with Gasteiger partial charge in [-0.1, -0.05) is 24.1 Å². The molecule has 1 aromatic carbocycles. The highest BCUT2D eigenvalue weighted by Gasteiger charge is 2.42. The second-order valence-electron chi connectivity index (χ2n) is 7.79. The summed E-state index contributed by atoms with van der Waals surface area (Å²) >= 11 is 0. The lowest BCUT2D eigenvalue weighted by Gasteiger charge is -2.36. The van der Waals surface area contributed by atoms with Crippen molar-refractivity contribution in [2.75, 3.05) is 0 Å². The van der Waals surface area contributed by atoms with Crippen molar-refractivity contribution in [2.24, 2.45) is 17.8 Å². The Morgan fingerprint density at radius 1 is 1.15 bits per heavy atom. The van der Waals surface area contributed by atoms with Crippen LogP contribution in [0.2, 0.25) is 0 Å². The zero-order valence-electron chi connectivity index (χ0n) is 15.7. The Morgan fingerprint density at radius 2 is 1.81 bits per heavy atom. The van der Waals surface area contributed by atoms with E-state index in [1.54, 1.807) is 6.92 Å². The molecule has 1 aromatic heterocycles. The summed E-state index contributed by atoms with van der Waals surface area (Å²) in [7, 11) is 0. The minimum atomic E-state index is -0.610. The molecule has 6 heteroatoms. The highest BCUT2D eigenvalue weighted by Crippen LogP contribution is 2.41. The number of hydrogen-bond acceptors (Lipinski definition) is 6. The van der Waals surface area contributed by atoms with Crippen LogP contribution in [0.1, 0.15) is 56.6 Å². The predicted molar refractivity (Wildman–Crippen MR) is 97.5 cm³/mol. The van der Waals surface area contributed by atoms with Gasteiger partial charge in [0, 0.05) is 17.4 Å². The molecule has 2 saturated carbocycles. The van der Waals surface area contributed by atoms with Crippen molar-refractivity contribution in [2.45, 2.75) is 52.1 Å². The van der Waals surface area contributed by atoms with Gasteiger partial charge in [0.05, 0.1) is 5.92 Å². The molecule has 2 bridgehead atoms. The third kappa shape index (κ3) is 3.66. The first kappa shape index (κ1) is 17.9. The number of benzene rings is 1. The number of rotatable bonds is 4. The highest BCUT2D eigenvalue weighted by molar-refractivity contribution is 5.87. The fourth-order valence-electron chi connectivity index (χ4n) is 4.20. The van der Waals surface area contributed by atoms with Gasteiger partial charge in [0.2, 0.25) is 5.89 Å². The van der Waals surface area contributed by atoms with Gasteiger partial charge in [-0.05, 0) is 51.7 Å². The average molecular weight is 368 g/mol. The van der Waals surface area contributed by atoms with E-state index in [4.69, 9.17) is 9.15 Å². The lowest BCUT2D eigenvalue weighted by Crippen LogP contribution is -2.39. The maximum Gasteiger partial charge on any atom is 0.309 e. The number of Topliss-reactive ketones (excluding diaryl/α,β-unsaturated/α-hetero) is 1. The summed E-state index contributed by atoms with van der Waals surface area (Å²) < 4.78 is 11.3. The number of aromatic nitrogens is 2. The smallest absolute Gasteiger partial charge is 0.309 e. The van der Waals surface area contributed by atoms with Crippen molar-refractivity contribution in [1.29, 1.82) is 0 Å². The molecule has 4 rings (SSSR count). The van der Waals surface area contributed by atoms with Gasteiger partial charge in [-0.2, -0.15) is 0 Å². The molecule has 1 heterocycles. The van der Waals surface area contributed by atoms with E-state index in [2.05, 4.69) is 10.2 Å². The molecule has 3 atom stereocenters. The highest BCUT2D eigenvalue weighted by atomic mass is 16.6. The Hall–Kier alpha value is -2.50. The SMILES string of the molecule is Cc1ccc(-c2nnc(C(C)OC(=O)C3CC4CCCC(C3)C4=O)o2)cc1. The fraction of sp³-hybridized carbons (Fsp3) is 0.524. The second kappa shape index (κ2) is 7.25. The zero-order chi connectivity index (χ0) is 19.0. The van der Waals surface area contributed by atoms with Crippen LogP contribution in [0.4, 0.5) is 0 Å². The molecular formula is C21H24N2O4. The maximum atomic E-state index is 12.6. The van der Waals surface area contributed by atoms with E-state index in [0.717, 1.165) is 30.4 Å². The van der Waals surface area contributed by atoms with E-state index in [1.807, 2.05) is 31.2 Å². The maximum absolute atomic E-state index is 12.6. The minimum Gasteiger partial charge on any atom is -0.452 e. The summed E-state index contributed by atoms with van der Waals surface area (Å²) in [5.41, 5.74) is 1.98. The third-order valence-electron chi connectivity index (χ3n) is 5.76. The second-order valence-corrected chi connectivity index (χ2v) is 7.79. The Bertz CT molecular complexity index is 826. The molecule has 0 spiro atoms. The molecular weight excluding hydrogens is 344 g/mol. The third-order valence-corrected chi connectivity index (χ3v) is 5.76. The molecule has 0 amide bonds. The number of carbonyl (C=O) groups excluding carboxylic acids is 2. The van der Waals surface area contributed by atoms with E-state index < -0.39 is 6.10 Å². The Balaban J connectivity index is 1.40. The van der Waals surface area contributed by atoms with Gasteiger partial charge in [0.1, 0.15) is 5.78 Å². The van der Waals surface area contributed by atoms with Crippen LogP contribution in [0.25, 0.3) is 11.5 Å². The zero-order valence-corrected chi connectivity index (χ0v) is 15.7. The van der Waals surface area contributed by atoms with Crippen LogP contribution in [-0.4, -0.2) is 21.9 Å². The average Bonchev–Trinajstić information content (AvgIpc) is 3.12. The molecule has 6 nitrogen and oxygen atoms in total. The fourth-order valence-corrected chi connectivity index (χ4v) is 4.20. The van der Waals surface area contributed by atoms with Gasteiger partial charge in [0.15, 0.2) is 6.10 Å². The number of aryl methyl sites for hydroxylation is 1. The van der Waals surface area contributed by atoms with Crippen molar-refractivity contribution in [3.8, 4) is 11.5 Å². The number of nitrogens with zero attached hydrogens (tertiary/aromatic N) is 2. The molecule has 27 heavy (non-hydrogen) atoms. The van der Waals surface area contributed by atoms with E-state index in [-0.39, 0.29) is 29.6 Å². The molecule has 2 aromatic rings. The molecule has 2 aliphatic carbocycles. The molecule has 2 fully saturated rings. The van der Waals surface area contributed by atoms with Gasteiger partial charge in [0.25, 0.3) is 5.89 Å². The van der Waals surface area contributed by atoms with Crippen molar-refractivity contribution in [3.63, 3.8) is 0 Å². The molecule has 0 radical (unpaired) electrons. The topological polar surface area (TPSA) is 82.3 Å². The minimum absolute atomic E-state index is 0.0295. The number of fused-ring (bicyclic) bond motifs is 2. The standard InChI is InChI=1S/C21H24N2O4/c1-12-6-8-14(9-7-12)20-23-22-19(27-20)13(2)26-21(25)17-10-15-4-3-5-16(11-17)18(15)24/h6-9,13,15-17H,3-5,10-11H2,1-2H3. The largest absolute Gasteiger partial charge is 0.452 e. The number of ketones is 1. The Kier molecular flexibility index (Phi) is 4.81. The molecule has 0 N–H and O–H groups in total. The summed E-state index contributed by atoms with van der Waals surface area (Å²) in [5.74, 6) is 0.625. The first-order valence-electron chi connectivity index (χ1n) is 9.66. The van der Waals surface area contributed by atoms with Crippen LogP contribution < -0.4 is 0 Å². The predicted octanol–water partition coefficient (Wildman–Crippen LogP) is 4.04. The quantitative estimate of drug-likeness (QED) is 0.757. The van der Waals surface area contributed by atoms with Gasteiger partial charge in [-0.25, -0.2) is 0 Å². The number of hydrogen-bond donors (Lipinski definition) is 0. The van der Waals surface area contributed by atoms with Gasteiger partial charge < -0.3 is 9.15 Å². The number of esters is 1. The van der Waals surface area contributed by atoms with Crippen molar-refractivity contribution in [3.05, 3.63) is 35.7 Å². The van der Waals surface area contributed by atoms with Gasteiger partial charge >= 0.3 is 5.97 Å². The summed E-state index contributed by atoms with van der Waals surface area (Å²) in [6.45, 7) is 3.75. The summed E-state index contributed by atoms with van der Waals surface area (Å²) in [6.07, 6.45) is 3.50. The van der Waals surface area contributed by atoms with Crippen LogP contribution in [-0.2, 0) is 14.3 Å². The number of ether oxygens (including phenoxy) is 1. The van der Waals surface area contributed by atoms with E-state index in [9.17, 15) is 9.59 Å². The van der Waals surface area contributed by atoms with E-state index in [0.29, 0.717) is 24.5 Å². The van der Waals surface area contributed by atoms with Crippen molar-refractivity contribution < 1.29 is 18.7 Å². The van der Waals surface area contributed by atoms with Crippen LogP contribution >= 0.6 is 0 Å². The van der Waals surface area contributed by atoms with Crippen LogP contribution in [0, 0.1) is 24.7 Å². The summed E-state index contributed by atoms with van der Waals surface area (Å²) in [4.78, 5) is 24.8. The molecule has 0 saturated heterocycles. The van der Waals surface area contributed by atoms with Crippen molar-refractivity contribution in [1.82, 2.24) is 10.2 Å². The lowest BCUT2D eigenvalue weighted by molar-refractivity contribution is -0.159. The van der Waals surface area contributed by atoms with Gasteiger partial charge in [-0.15, -0.1) is 10.2 Å². The monoisotopic (exact) mass is 368 g/mol. The Labute approximate surface area is 158 Å². The van der Waals surface area contributed by atoms with Crippen LogP contribution in [0.3, 0.4) is 0 Å². The first-order valence-corrected chi connectivity index (χ1v) is 9.66. The van der Waals surface area contributed by atoms with E-state index >= 15 is 0 Å². The van der Waals surface area contributed by atoms with E-state index in [1.165, 1.54) is 0 Å². The van der Waals surface area contributed by atoms with Crippen molar-refractivity contribution >= 4 is 11.8 Å².